The van der Waals surface area contributed by atoms with Gasteiger partial charge in [-0.15, -0.1) is 0 Å². The molecule has 0 aliphatic rings. The first-order chi connectivity index (χ1) is 73.9. The second kappa shape index (κ2) is 37.2. The van der Waals surface area contributed by atoms with Gasteiger partial charge in [0.2, 0.25) is 0 Å². The molecule has 6 aromatic heterocycles. The Hall–Kier alpha value is -19.7. The number of nitrogens with zero attached hydrogens (tertiary/aromatic N) is 12. The first-order valence-corrected chi connectivity index (χ1v) is 48.4. The van der Waals surface area contributed by atoms with Gasteiger partial charge in [0.25, 0.3) is 0 Å². The predicted octanol–water partition coefficient (Wildman–Crippen LogP) is 33.5. The molecule has 0 aliphatic heterocycles. The maximum absolute atomic E-state index is 8.84. The minimum atomic E-state index is -0.420. The van der Waals surface area contributed by atoms with Crippen molar-refractivity contribution in [1.29, 1.82) is 0 Å². The normalized spacial score (nSPS) is 11.9. The van der Waals surface area contributed by atoms with E-state index in [1.54, 1.807) is 0 Å². The van der Waals surface area contributed by atoms with Gasteiger partial charge in [-0.1, -0.05) is 425 Å². The number of para-hydroxylation sites is 5. The molecule has 0 radical (unpaired) electrons. The van der Waals surface area contributed by atoms with E-state index in [1.807, 2.05) is 164 Å². The summed E-state index contributed by atoms with van der Waals surface area (Å²) in [5.41, 5.74) is 22.8. The summed E-state index contributed by atoms with van der Waals surface area (Å²) >= 11 is 0. The summed E-state index contributed by atoms with van der Waals surface area (Å²) in [6, 6.07) is 167. The van der Waals surface area contributed by atoms with Crippen LogP contribution >= 0.6 is 0 Å². The quantitative estimate of drug-likeness (QED) is 0.0984. The summed E-state index contributed by atoms with van der Waals surface area (Å²) in [5.74, 6) is 5.44. The largest absolute Gasteiger partial charge is 0.309 e. The molecule has 0 amide bonds. The second-order valence-electron chi connectivity index (χ2n) is 35.9. The Bertz CT molecular complexity index is 9920. The SMILES string of the molecule is [2H]c1c([2H])c([2H])c(-c2cccc3c2c2ccccc2n3-c2cc3ccccc3cc2-c2nc(-c3ccccc3)nc(-c3ccccc3)n2)c([2H])c1[2H].c1ccc(-c2cc(-c3ccccc3)cc(-c3nc(-c4ccccc4)nc(-c4cccc5cc(-n6c7ccccc7c7ccccc76)ccc45)n3)c2)cc1.c1ccc(-c2nc(-c3ccc4ccccc4c3)nc(-c3cc(-n4c5ccccc5c5ccccc54)cc4ccccc34)n2)cc1. The molecular weight excluding hydrogens is 1770 g/mol. The first-order valence-electron chi connectivity index (χ1n) is 50.9. The average molecular weight is 1860 g/mol. The van der Waals surface area contributed by atoms with Gasteiger partial charge in [0.15, 0.2) is 52.4 Å². The zero-order valence-electron chi connectivity index (χ0n) is 83.1. The first kappa shape index (κ1) is 80.3. The molecule has 0 N–H and O–H groups in total. The molecule has 28 aromatic rings. The smallest absolute Gasteiger partial charge is 0.166 e. The van der Waals surface area contributed by atoms with Crippen LogP contribution in [0.1, 0.15) is 6.85 Å². The highest BCUT2D eigenvalue weighted by molar-refractivity contribution is 6.17. The number of rotatable bonds is 15. The van der Waals surface area contributed by atoms with E-state index in [4.69, 9.17) is 51.7 Å². The molecule has 0 aliphatic carbocycles. The Morgan fingerprint density at radius 1 is 0.152 bits per heavy atom. The third kappa shape index (κ3) is 16.2. The molecule has 12 heteroatoms. The van der Waals surface area contributed by atoms with Crippen molar-refractivity contribution in [2.45, 2.75) is 0 Å². The van der Waals surface area contributed by atoms with Gasteiger partial charge in [0, 0.05) is 93.8 Å². The molecule has 145 heavy (non-hydrogen) atoms. The van der Waals surface area contributed by atoms with Crippen LogP contribution in [0.4, 0.5) is 0 Å². The van der Waals surface area contributed by atoms with Crippen LogP contribution in [0.5, 0.6) is 0 Å². The zero-order valence-corrected chi connectivity index (χ0v) is 78.1. The Balaban J connectivity index is 0.000000114. The summed E-state index contributed by atoms with van der Waals surface area (Å²) in [7, 11) is 0. The van der Waals surface area contributed by atoms with Gasteiger partial charge in [-0.05, 0) is 174 Å². The van der Waals surface area contributed by atoms with Crippen LogP contribution in [0, 0.1) is 0 Å². The van der Waals surface area contributed by atoms with E-state index in [1.165, 1.54) is 38.0 Å². The number of benzene rings is 22. The highest BCUT2D eigenvalue weighted by Gasteiger charge is 2.26. The summed E-state index contributed by atoms with van der Waals surface area (Å²) < 4.78 is 49.6. The van der Waals surface area contributed by atoms with Gasteiger partial charge in [0.1, 0.15) is 0 Å². The lowest BCUT2D eigenvalue weighted by Crippen LogP contribution is -2.04. The van der Waals surface area contributed by atoms with E-state index < -0.39 is 6.04 Å². The minimum Gasteiger partial charge on any atom is -0.309 e. The molecule has 6 heterocycles. The van der Waals surface area contributed by atoms with Crippen molar-refractivity contribution >= 4 is 109 Å². The number of hydrogen-bond acceptors (Lipinski definition) is 9. The number of hydrogen-bond donors (Lipinski definition) is 0. The third-order valence-corrected chi connectivity index (χ3v) is 27.1. The molecule has 0 bridgehead atoms. The van der Waals surface area contributed by atoms with E-state index in [0.29, 0.717) is 58.0 Å². The van der Waals surface area contributed by atoms with Crippen molar-refractivity contribution in [3.63, 3.8) is 0 Å². The summed E-state index contributed by atoms with van der Waals surface area (Å²) in [6.07, 6.45) is 0. The van der Waals surface area contributed by atoms with Crippen molar-refractivity contribution in [3.8, 4) is 153 Å². The predicted molar refractivity (Wildman–Crippen MR) is 598 cm³/mol. The zero-order chi connectivity index (χ0) is 100. The molecule has 0 saturated heterocycles. The van der Waals surface area contributed by atoms with Crippen molar-refractivity contribution in [2.24, 2.45) is 0 Å². The Morgan fingerprint density at radius 3 is 0.979 bits per heavy atom. The fourth-order valence-corrected chi connectivity index (χ4v) is 20.4. The maximum atomic E-state index is 8.84. The lowest BCUT2D eigenvalue weighted by atomic mass is 9.96. The van der Waals surface area contributed by atoms with Gasteiger partial charge < -0.3 is 13.7 Å². The summed E-state index contributed by atoms with van der Waals surface area (Å²) in [4.78, 5) is 46.0. The van der Waals surface area contributed by atoms with Gasteiger partial charge in [0.05, 0.1) is 45.6 Å². The van der Waals surface area contributed by atoms with E-state index in [2.05, 4.69) is 341 Å². The summed E-state index contributed by atoms with van der Waals surface area (Å²) in [5, 5.41) is 15.4. The second-order valence-corrected chi connectivity index (χ2v) is 35.9. The molecule has 28 rings (SSSR count). The van der Waals surface area contributed by atoms with Crippen LogP contribution < -0.4 is 0 Å². The molecular formula is C133H86N12. The molecule has 12 nitrogen and oxygen atoms in total. The van der Waals surface area contributed by atoms with E-state index in [-0.39, 0.29) is 29.7 Å². The van der Waals surface area contributed by atoms with Gasteiger partial charge in [-0.25, -0.2) is 44.9 Å². The topological polar surface area (TPSA) is 131 Å². The van der Waals surface area contributed by atoms with Crippen LogP contribution in [-0.4, -0.2) is 58.6 Å². The fraction of sp³-hybridized carbons (Fsp3) is 0. The number of fused-ring (bicyclic) bond motifs is 13. The van der Waals surface area contributed by atoms with Crippen LogP contribution in [0.3, 0.4) is 0 Å². The van der Waals surface area contributed by atoms with Crippen LogP contribution in [0.2, 0.25) is 0 Å². The molecule has 0 spiro atoms. The monoisotopic (exact) mass is 1860 g/mol. The molecule has 678 valence electrons. The van der Waals surface area contributed by atoms with Crippen LogP contribution in [0.25, 0.3) is 261 Å². The van der Waals surface area contributed by atoms with Crippen molar-refractivity contribution in [2.75, 3.05) is 0 Å². The highest BCUT2D eigenvalue weighted by atomic mass is 15.1. The van der Waals surface area contributed by atoms with Crippen molar-refractivity contribution < 1.29 is 6.85 Å². The fourth-order valence-electron chi connectivity index (χ4n) is 20.4. The molecule has 0 saturated carbocycles. The van der Waals surface area contributed by atoms with Crippen LogP contribution in [-0.2, 0) is 0 Å². The molecule has 0 unspecified atom stereocenters. The Morgan fingerprint density at radius 2 is 0.483 bits per heavy atom. The van der Waals surface area contributed by atoms with Crippen molar-refractivity contribution in [1.82, 2.24) is 58.6 Å². The molecule has 0 fully saturated rings. The highest BCUT2D eigenvalue weighted by Crippen LogP contribution is 2.46. The van der Waals surface area contributed by atoms with E-state index in [9.17, 15) is 0 Å². The van der Waals surface area contributed by atoms with E-state index >= 15 is 0 Å². The van der Waals surface area contributed by atoms with Gasteiger partial charge in [-0.2, -0.15) is 0 Å². The standard InChI is InChI=1S/C49H32N4.C43H28N4.C41H26N4/c1-4-15-33(16-5-1)37-29-38(34-17-6-2-7-18-34)31-39(30-37)48-50-47(35-19-8-3-9-20-35)51-49(52-48)44-24-14-21-36-32-40(27-28-41(36)44)53-45-25-12-10-22-42(45)43-23-11-13-26-46(43)53;1-4-15-29(16-5-1)34-24-14-26-38-40(34)35-23-12-13-25-37(35)47(38)39-28-33-22-11-10-21-32(33)27-36(39)43-45-41(30-17-6-2-7-18-30)44-42(46-43)31-19-8-3-9-20-31;1-2-13-28(14-3-1)39-42-40(31-23-22-27-12-4-5-15-29(27)24-31)44-41(43-39)36-26-32(25-30-16-6-7-17-33(30)36)45-37-20-10-8-18-34(37)35-19-9-11-21-38(35)45/h1-32H;1-28H;1-26H/i;1D,4D,5D,15D,16D;. The van der Waals surface area contributed by atoms with Crippen LogP contribution in [0.15, 0.2) is 522 Å². The number of aromatic nitrogens is 12. The lowest BCUT2D eigenvalue weighted by molar-refractivity contribution is 1.07. The van der Waals surface area contributed by atoms with Crippen molar-refractivity contribution in [3.05, 3.63) is 522 Å². The molecule has 22 aromatic carbocycles. The average Bonchev–Trinajstić information content (AvgIpc) is 1.56. The Labute approximate surface area is 842 Å². The maximum Gasteiger partial charge on any atom is 0.166 e. The van der Waals surface area contributed by atoms with E-state index in [0.717, 1.165) is 160 Å². The lowest BCUT2D eigenvalue weighted by Gasteiger charge is -2.16. The third-order valence-electron chi connectivity index (χ3n) is 27.1. The van der Waals surface area contributed by atoms with Gasteiger partial charge >= 0.3 is 0 Å². The minimum absolute atomic E-state index is 0.163. The summed E-state index contributed by atoms with van der Waals surface area (Å²) in [6.45, 7) is 0. The Kier molecular flexibility index (Phi) is 20.6. The molecule has 0 atom stereocenters. The van der Waals surface area contributed by atoms with Gasteiger partial charge in [-0.3, -0.25) is 0 Å².